The molecule has 1 saturated heterocycles. The highest BCUT2D eigenvalue weighted by molar-refractivity contribution is 6.00. The first kappa shape index (κ1) is 20.2. The van der Waals surface area contributed by atoms with Crippen LogP contribution >= 0.6 is 0 Å². The molecule has 1 aliphatic heterocycles. The minimum absolute atomic E-state index is 0.0908. The van der Waals surface area contributed by atoms with E-state index in [1.807, 2.05) is 47.4 Å². The maximum atomic E-state index is 12.7. The van der Waals surface area contributed by atoms with Crippen LogP contribution in [0.4, 0.5) is 26.7 Å². The fourth-order valence-corrected chi connectivity index (χ4v) is 4.25. The molecule has 7 nitrogen and oxygen atoms in total. The fourth-order valence-electron chi connectivity index (χ4n) is 4.25. The van der Waals surface area contributed by atoms with E-state index < -0.39 is 0 Å². The van der Waals surface area contributed by atoms with E-state index in [0.717, 1.165) is 31.9 Å². The molecule has 2 aliphatic rings. The van der Waals surface area contributed by atoms with Crippen LogP contribution in [0.1, 0.15) is 25.7 Å². The molecule has 0 bridgehead atoms. The molecular weight excluding hydrogens is 378 g/mol. The fraction of sp³-hybridized carbons (Fsp3) is 0.391. The van der Waals surface area contributed by atoms with Crippen LogP contribution in [0.2, 0.25) is 0 Å². The van der Waals surface area contributed by atoms with Crippen molar-refractivity contribution in [1.29, 1.82) is 0 Å². The number of benzene rings is 2. The topological polar surface area (TPSA) is 76.7 Å². The minimum Gasteiger partial charge on any atom is -0.322 e. The van der Waals surface area contributed by atoms with Crippen molar-refractivity contribution in [3.63, 3.8) is 0 Å². The van der Waals surface area contributed by atoms with Crippen molar-refractivity contribution in [2.75, 3.05) is 42.1 Å². The molecule has 3 N–H and O–H groups in total. The van der Waals surface area contributed by atoms with Crippen LogP contribution < -0.4 is 16.0 Å². The van der Waals surface area contributed by atoms with Crippen molar-refractivity contribution in [1.82, 2.24) is 9.80 Å². The molecule has 2 aromatic carbocycles. The zero-order valence-electron chi connectivity index (χ0n) is 17.1. The van der Waals surface area contributed by atoms with E-state index in [9.17, 15) is 9.59 Å². The molecule has 0 atom stereocenters. The Labute approximate surface area is 177 Å². The maximum absolute atomic E-state index is 12.7. The van der Waals surface area contributed by atoms with Gasteiger partial charge in [-0.05, 0) is 43.2 Å². The molecule has 158 valence electrons. The van der Waals surface area contributed by atoms with Gasteiger partial charge in [0.15, 0.2) is 0 Å². The second-order valence-electron chi connectivity index (χ2n) is 7.92. The van der Waals surface area contributed by atoms with Gasteiger partial charge in [0.05, 0.1) is 0 Å². The molecule has 0 aromatic heterocycles. The van der Waals surface area contributed by atoms with E-state index >= 15 is 0 Å². The summed E-state index contributed by atoms with van der Waals surface area (Å²) in [5.41, 5.74) is 2.00. The average molecular weight is 408 g/mol. The molecule has 1 saturated carbocycles. The van der Waals surface area contributed by atoms with Gasteiger partial charge in [-0.3, -0.25) is 4.90 Å². The van der Waals surface area contributed by atoms with Gasteiger partial charge in [-0.15, -0.1) is 0 Å². The van der Waals surface area contributed by atoms with Crippen LogP contribution in [-0.2, 0) is 0 Å². The molecule has 4 amide bonds. The van der Waals surface area contributed by atoms with Gasteiger partial charge in [0.2, 0.25) is 0 Å². The number of urea groups is 2. The van der Waals surface area contributed by atoms with Crippen LogP contribution in [0.15, 0.2) is 54.6 Å². The normalized spacial score (nSPS) is 17.5. The van der Waals surface area contributed by atoms with Gasteiger partial charge in [0, 0.05) is 49.3 Å². The van der Waals surface area contributed by atoms with Gasteiger partial charge in [-0.1, -0.05) is 37.1 Å². The zero-order valence-corrected chi connectivity index (χ0v) is 17.1. The lowest BCUT2D eigenvalue weighted by Crippen LogP contribution is -2.52. The molecular formula is C23H29N5O2. The Morgan fingerprint density at radius 2 is 1.33 bits per heavy atom. The number of anilines is 3. The summed E-state index contributed by atoms with van der Waals surface area (Å²) < 4.78 is 0. The Bertz CT molecular complexity index is 859. The largest absolute Gasteiger partial charge is 0.323 e. The quantitative estimate of drug-likeness (QED) is 0.702. The number of hydrogen-bond acceptors (Lipinski definition) is 3. The molecule has 1 heterocycles. The number of nitrogens with zero attached hydrogens (tertiary/aromatic N) is 2. The predicted molar refractivity (Wildman–Crippen MR) is 120 cm³/mol. The van der Waals surface area contributed by atoms with Crippen molar-refractivity contribution in [3.8, 4) is 0 Å². The third-order valence-corrected chi connectivity index (χ3v) is 5.85. The first-order valence-corrected chi connectivity index (χ1v) is 10.7. The van der Waals surface area contributed by atoms with Crippen LogP contribution in [-0.4, -0.2) is 54.1 Å². The second kappa shape index (κ2) is 9.63. The smallest absolute Gasteiger partial charge is 0.322 e. The molecule has 30 heavy (non-hydrogen) atoms. The summed E-state index contributed by atoms with van der Waals surface area (Å²) in [7, 11) is 0. The number of amides is 4. The first-order valence-electron chi connectivity index (χ1n) is 10.7. The van der Waals surface area contributed by atoms with Crippen molar-refractivity contribution >= 4 is 29.1 Å². The number of piperazine rings is 1. The van der Waals surface area contributed by atoms with Gasteiger partial charge in [0.25, 0.3) is 0 Å². The van der Waals surface area contributed by atoms with Gasteiger partial charge >= 0.3 is 12.1 Å². The number of carbonyl (C=O) groups excluding carboxylic acids is 2. The Kier molecular flexibility index (Phi) is 6.49. The van der Waals surface area contributed by atoms with Gasteiger partial charge in [-0.2, -0.15) is 0 Å². The standard InChI is InChI=1S/C23H29N5O2/c29-22(24-18-7-2-1-3-8-18)25-19-9-6-10-20(17-19)26-23(30)28-15-13-27(14-16-28)21-11-4-5-12-21/h1-3,6-10,17,21H,4-5,11-16H2,(H,26,30)(H2,24,25,29). The number of nitrogens with one attached hydrogen (secondary N) is 3. The highest BCUT2D eigenvalue weighted by atomic mass is 16.2. The molecule has 0 unspecified atom stereocenters. The molecule has 1 aliphatic carbocycles. The predicted octanol–water partition coefficient (Wildman–Crippen LogP) is 4.42. The lowest BCUT2D eigenvalue weighted by Gasteiger charge is -2.38. The third kappa shape index (κ3) is 5.30. The van der Waals surface area contributed by atoms with Gasteiger partial charge in [0.1, 0.15) is 0 Å². The molecule has 7 heteroatoms. The Balaban J connectivity index is 1.27. The Morgan fingerprint density at radius 3 is 2.03 bits per heavy atom. The van der Waals surface area contributed by atoms with Crippen LogP contribution in [0, 0.1) is 0 Å². The molecule has 4 rings (SSSR count). The summed E-state index contributed by atoms with van der Waals surface area (Å²) in [5, 5.41) is 8.53. The van der Waals surface area contributed by atoms with Crippen molar-refractivity contribution in [3.05, 3.63) is 54.6 Å². The number of rotatable bonds is 4. The first-order chi connectivity index (χ1) is 14.7. The lowest BCUT2D eigenvalue weighted by atomic mass is 10.2. The van der Waals surface area contributed by atoms with E-state index in [0.29, 0.717) is 17.4 Å². The highest BCUT2D eigenvalue weighted by Gasteiger charge is 2.27. The van der Waals surface area contributed by atoms with Crippen LogP contribution in [0.3, 0.4) is 0 Å². The SMILES string of the molecule is O=C(Nc1ccccc1)Nc1cccc(NC(=O)N2CCN(C3CCCC3)CC2)c1. The zero-order chi connectivity index (χ0) is 20.8. The molecule has 2 fully saturated rings. The summed E-state index contributed by atoms with van der Waals surface area (Å²) in [6.07, 6.45) is 5.26. The van der Waals surface area contributed by atoms with E-state index in [1.165, 1.54) is 25.7 Å². The van der Waals surface area contributed by atoms with E-state index in [-0.39, 0.29) is 12.1 Å². The van der Waals surface area contributed by atoms with Crippen LogP contribution in [0.5, 0.6) is 0 Å². The second-order valence-corrected chi connectivity index (χ2v) is 7.92. The number of carbonyl (C=O) groups is 2. The Morgan fingerprint density at radius 1 is 0.733 bits per heavy atom. The van der Waals surface area contributed by atoms with Crippen molar-refractivity contribution in [2.45, 2.75) is 31.7 Å². The third-order valence-electron chi connectivity index (χ3n) is 5.85. The lowest BCUT2D eigenvalue weighted by molar-refractivity contribution is 0.115. The summed E-state index contributed by atoms with van der Waals surface area (Å²) in [6, 6.07) is 16.7. The summed E-state index contributed by atoms with van der Waals surface area (Å²) in [6.45, 7) is 3.39. The molecule has 0 radical (unpaired) electrons. The molecule has 2 aromatic rings. The van der Waals surface area contributed by atoms with E-state index in [2.05, 4.69) is 20.9 Å². The van der Waals surface area contributed by atoms with Gasteiger partial charge in [-0.25, -0.2) is 9.59 Å². The summed E-state index contributed by atoms with van der Waals surface area (Å²) in [5.74, 6) is 0. The monoisotopic (exact) mass is 407 g/mol. The van der Waals surface area contributed by atoms with Crippen molar-refractivity contribution < 1.29 is 9.59 Å². The number of para-hydroxylation sites is 1. The van der Waals surface area contributed by atoms with Crippen molar-refractivity contribution in [2.24, 2.45) is 0 Å². The molecule has 0 spiro atoms. The Hall–Kier alpha value is -3.06. The average Bonchev–Trinajstić information content (AvgIpc) is 3.30. The highest BCUT2D eigenvalue weighted by Crippen LogP contribution is 2.24. The maximum Gasteiger partial charge on any atom is 0.323 e. The summed E-state index contributed by atoms with van der Waals surface area (Å²) >= 11 is 0. The van der Waals surface area contributed by atoms with Gasteiger partial charge < -0.3 is 20.9 Å². The van der Waals surface area contributed by atoms with E-state index in [4.69, 9.17) is 0 Å². The summed E-state index contributed by atoms with van der Waals surface area (Å²) in [4.78, 5) is 29.2. The van der Waals surface area contributed by atoms with Crippen LogP contribution in [0.25, 0.3) is 0 Å². The number of hydrogen-bond donors (Lipinski definition) is 3. The minimum atomic E-state index is -0.326. The van der Waals surface area contributed by atoms with E-state index in [1.54, 1.807) is 12.1 Å².